The molecule has 1 amide bonds. The summed E-state index contributed by atoms with van der Waals surface area (Å²) in [4.78, 5) is 12.4. The van der Waals surface area contributed by atoms with Gasteiger partial charge < -0.3 is 8.83 Å². The molecule has 9 heteroatoms. The number of benzene rings is 2. The van der Waals surface area contributed by atoms with E-state index in [2.05, 4.69) is 15.5 Å². The van der Waals surface area contributed by atoms with Crippen LogP contribution in [-0.4, -0.2) is 30.8 Å². The summed E-state index contributed by atoms with van der Waals surface area (Å²) in [5.41, 5.74) is 1.01. The van der Waals surface area contributed by atoms with E-state index in [1.165, 1.54) is 12.1 Å². The maximum Gasteiger partial charge on any atom is 0.322 e. The second-order valence-corrected chi connectivity index (χ2v) is 7.83. The van der Waals surface area contributed by atoms with Crippen LogP contribution in [0.5, 0.6) is 0 Å². The molecule has 0 spiro atoms. The van der Waals surface area contributed by atoms with Gasteiger partial charge in [-0.15, -0.1) is 5.10 Å². The van der Waals surface area contributed by atoms with Crippen LogP contribution in [-0.2, 0) is 9.84 Å². The Morgan fingerprint density at radius 3 is 2.59 bits per heavy atom. The number of para-hydroxylation sites is 1. The molecule has 0 fully saturated rings. The molecule has 0 bridgehead atoms. The molecule has 1 N–H and O–H groups in total. The summed E-state index contributed by atoms with van der Waals surface area (Å²) >= 11 is 0. The predicted molar refractivity (Wildman–Crippen MR) is 97.0 cm³/mol. The van der Waals surface area contributed by atoms with E-state index in [9.17, 15) is 13.2 Å². The van der Waals surface area contributed by atoms with Crippen LogP contribution < -0.4 is 5.32 Å². The van der Waals surface area contributed by atoms with E-state index in [-0.39, 0.29) is 22.6 Å². The van der Waals surface area contributed by atoms with Gasteiger partial charge in [-0.2, -0.15) is 0 Å². The average molecular weight is 383 g/mol. The molecule has 0 unspecified atom stereocenters. The van der Waals surface area contributed by atoms with Crippen LogP contribution in [0.25, 0.3) is 22.4 Å². The van der Waals surface area contributed by atoms with E-state index in [0.717, 1.165) is 11.6 Å². The molecule has 4 rings (SSSR count). The van der Waals surface area contributed by atoms with Gasteiger partial charge in [0.1, 0.15) is 5.58 Å². The smallest absolute Gasteiger partial charge is 0.322 e. The van der Waals surface area contributed by atoms with E-state index < -0.39 is 15.7 Å². The molecule has 136 valence electrons. The maximum atomic E-state index is 12.3. The van der Waals surface area contributed by atoms with E-state index >= 15 is 0 Å². The molecular formula is C18H13N3O5S. The second kappa shape index (κ2) is 6.36. The molecule has 0 atom stereocenters. The van der Waals surface area contributed by atoms with Crippen molar-refractivity contribution in [1.82, 2.24) is 10.2 Å². The minimum atomic E-state index is -3.37. The van der Waals surface area contributed by atoms with Gasteiger partial charge in [0.25, 0.3) is 5.91 Å². The molecule has 0 aliphatic carbocycles. The van der Waals surface area contributed by atoms with Crippen LogP contribution >= 0.6 is 0 Å². The quantitative estimate of drug-likeness (QED) is 0.575. The fourth-order valence-corrected chi connectivity index (χ4v) is 3.17. The Bertz CT molecular complexity index is 1220. The van der Waals surface area contributed by atoms with Crippen molar-refractivity contribution in [2.24, 2.45) is 0 Å². The number of fused-ring (bicyclic) bond motifs is 1. The standard InChI is InChI=1S/C18H13N3O5S/c1-27(23,24)13-7-4-6-12(9-13)17-20-21-18(26-17)19-16(22)15-10-11-5-2-3-8-14(11)25-15/h2-10H,1H3,(H,19,21,22). The molecule has 2 heterocycles. The Balaban J connectivity index is 1.57. The highest BCUT2D eigenvalue weighted by atomic mass is 32.2. The number of rotatable bonds is 4. The Kier molecular flexibility index (Phi) is 4.00. The predicted octanol–water partition coefficient (Wildman–Crippen LogP) is 3.14. The largest absolute Gasteiger partial charge is 0.451 e. The molecule has 0 saturated heterocycles. The molecule has 0 saturated carbocycles. The molecule has 0 radical (unpaired) electrons. The molecule has 4 aromatic rings. The van der Waals surface area contributed by atoms with Crippen molar-refractivity contribution in [3.8, 4) is 11.5 Å². The molecule has 2 aromatic carbocycles. The summed E-state index contributed by atoms with van der Waals surface area (Å²) in [6.45, 7) is 0. The van der Waals surface area contributed by atoms with Gasteiger partial charge in [0.15, 0.2) is 15.6 Å². The molecule has 0 aliphatic rings. The fourth-order valence-electron chi connectivity index (χ4n) is 2.50. The lowest BCUT2D eigenvalue weighted by Crippen LogP contribution is -2.10. The van der Waals surface area contributed by atoms with Gasteiger partial charge in [-0.3, -0.25) is 10.1 Å². The molecule has 2 aromatic heterocycles. The second-order valence-electron chi connectivity index (χ2n) is 5.81. The number of carbonyl (C=O) groups is 1. The first-order valence-electron chi connectivity index (χ1n) is 7.84. The molecule has 8 nitrogen and oxygen atoms in total. The Hall–Kier alpha value is -3.46. The van der Waals surface area contributed by atoms with Crippen molar-refractivity contribution in [2.75, 3.05) is 11.6 Å². The minimum Gasteiger partial charge on any atom is -0.451 e. The van der Waals surface area contributed by atoms with Crippen LogP contribution in [0.1, 0.15) is 10.6 Å². The van der Waals surface area contributed by atoms with Crippen molar-refractivity contribution >= 4 is 32.7 Å². The molecule has 0 aliphatic heterocycles. The Labute approximate surface area is 153 Å². The van der Waals surface area contributed by atoms with Crippen molar-refractivity contribution in [2.45, 2.75) is 4.90 Å². The van der Waals surface area contributed by atoms with Gasteiger partial charge in [0.2, 0.25) is 5.89 Å². The van der Waals surface area contributed by atoms with E-state index in [1.54, 1.807) is 24.3 Å². The van der Waals surface area contributed by atoms with Crippen LogP contribution in [0.15, 0.2) is 68.3 Å². The lowest BCUT2D eigenvalue weighted by atomic mass is 10.2. The first-order chi connectivity index (χ1) is 12.9. The number of sulfone groups is 1. The topological polar surface area (TPSA) is 115 Å². The monoisotopic (exact) mass is 383 g/mol. The van der Waals surface area contributed by atoms with Gasteiger partial charge in [-0.25, -0.2) is 8.42 Å². The SMILES string of the molecule is CS(=O)(=O)c1cccc(-c2nnc(NC(=O)c3cc4ccccc4o3)o2)c1. The number of nitrogens with zero attached hydrogens (tertiary/aromatic N) is 2. The van der Waals surface area contributed by atoms with E-state index in [4.69, 9.17) is 8.83 Å². The van der Waals surface area contributed by atoms with Gasteiger partial charge in [0, 0.05) is 17.2 Å². The van der Waals surface area contributed by atoms with Crippen molar-refractivity contribution < 1.29 is 22.0 Å². The zero-order chi connectivity index (χ0) is 19.0. The summed E-state index contributed by atoms with van der Waals surface area (Å²) in [6.07, 6.45) is 1.11. The summed E-state index contributed by atoms with van der Waals surface area (Å²) in [5, 5.41) is 10.9. The summed E-state index contributed by atoms with van der Waals surface area (Å²) < 4.78 is 34.2. The van der Waals surface area contributed by atoms with Gasteiger partial charge in [0.05, 0.1) is 4.90 Å². The molecule has 27 heavy (non-hydrogen) atoms. The van der Waals surface area contributed by atoms with Crippen LogP contribution in [0.4, 0.5) is 6.01 Å². The zero-order valence-corrected chi connectivity index (χ0v) is 14.9. The lowest BCUT2D eigenvalue weighted by Gasteiger charge is -2.00. The van der Waals surface area contributed by atoms with Crippen LogP contribution in [0.3, 0.4) is 0 Å². The first-order valence-corrected chi connectivity index (χ1v) is 9.73. The number of furan rings is 1. The zero-order valence-electron chi connectivity index (χ0n) is 14.0. The van der Waals surface area contributed by atoms with Crippen LogP contribution in [0.2, 0.25) is 0 Å². The summed E-state index contributed by atoms with van der Waals surface area (Å²) in [7, 11) is -3.37. The van der Waals surface area contributed by atoms with Gasteiger partial charge in [-0.1, -0.05) is 29.4 Å². The fraction of sp³-hybridized carbons (Fsp3) is 0.0556. The number of hydrogen-bond donors (Lipinski definition) is 1. The Morgan fingerprint density at radius 1 is 1.00 bits per heavy atom. The number of amides is 1. The summed E-state index contributed by atoms with van der Waals surface area (Å²) in [5.74, 6) is -0.346. The number of nitrogens with one attached hydrogen (secondary N) is 1. The first kappa shape index (κ1) is 17.0. The summed E-state index contributed by atoms with van der Waals surface area (Å²) in [6, 6.07) is 14.8. The highest BCUT2D eigenvalue weighted by Gasteiger charge is 2.17. The minimum absolute atomic E-state index is 0.0837. The number of hydrogen-bond acceptors (Lipinski definition) is 7. The Morgan fingerprint density at radius 2 is 1.81 bits per heavy atom. The maximum absolute atomic E-state index is 12.3. The third-order valence-corrected chi connectivity index (χ3v) is 4.91. The third kappa shape index (κ3) is 3.44. The highest BCUT2D eigenvalue weighted by Crippen LogP contribution is 2.24. The van der Waals surface area contributed by atoms with Gasteiger partial charge in [-0.05, 0) is 30.3 Å². The van der Waals surface area contributed by atoms with Crippen molar-refractivity contribution in [3.05, 3.63) is 60.4 Å². The highest BCUT2D eigenvalue weighted by molar-refractivity contribution is 7.90. The number of anilines is 1. The van der Waals surface area contributed by atoms with Crippen molar-refractivity contribution in [1.29, 1.82) is 0 Å². The average Bonchev–Trinajstić information content (AvgIpc) is 3.28. The molecular weight excluding hydrogens is 370 g/mol. The van der Waals surface area contributed by atoms with E-state index in [0.29, 0.717) is 11.1 Å². The third-order valence-electron chi connectivity index (χ3n) is 3.80. The number of aromatic nitrogens is 2. The lowest BCUT2D eigenvalue weighted by molar-refractivity contribution is 0.0996. The van der Waals surface area contributed by atoms with Crippen molar-refractivity contribution in [3.63, 3.8) is 0 Å². The van der Waals surface area contributed by atoms with Gasteiger partial charge >= 0.3 is 6.01 Å². The van der Waals surface area contributed by atoms with E-state index in [1.807, 2.05) is 18.2 Å². The number of carbonyl (C=O) groups excluding carboxylic acids is 1. The van der Waals surface area contributed by atoms with Crippen LogP contribution in [0, 0.1) is 0 Å². The normalized spacial score (nSPS) is 11.6.